The molecule has 2 aromatic rings. The minimum atomic E-state index is 0. The third kappa shape index (κ3) is 4.53. The minimum Gasteiger partial charge on any atom is -0.467 e. The average Bonchev–Trinajstić information content (AvgIpc) is 3.28. The predicted octanol–water partition coefficient (Wildman–Crippen LogP) is 4.07. The number of rotatable bonds is 5. The Bertz CT molecular complexity index is 619. The van der Waals surface area contributed by atoms with Crippen molar-refractivity contribution in [1.82, 2.24) is 10.6 Å². The highest BCUT2D eigenvalue weighted by molar-refractivity contribution is 14.0. The highest BCUT2D eigenvalue weighted by Gasteiger charge is 2.35. The van der Waals surface area contributed by atoms with Crippen molar-refractivity contribution in [1.29, 1.82) is 0 Å². The molecule has 0 spiro atoms. The topological polar surface area (TPSA) is 49.6 Å². The molecule has 3 rings (SSSR count). The van der Waals surface area contributed by atoms with Gasteiger partial charge in [-0.05, 0) is 30.5 Å². The van der Waals surface area contributed by atoms with E-state index >= 15 is 0 Å². The van der Waals surface area contributed by atoms with Gasteiger partial charge in [-0.25, -0.2) is 0 Å². The molecular formula is C19H26IN3O. The molecule has 0 saturated heterocycles. The van der Waals surface area contributed by atoms with E-state index in [0.717, 1.165) is 18.3 Å². The molecule has 1 aliphatic rings. The van der Waals surface area contributed by atoms with Gasteiger partial charge in [0, 0.05) is 19.0 Å². The van der Waals surface area contributed by atoms with Crippen LogP contribution in [0.2, 0.25) is 0 Å². The second-order valence-corrected chi connectivity index (χ2v) is 6.21. The van der Waals surface area contributed by atoms with Gasteiger partial charge in [-0.3, -0.25) is 4.99 Å². The third-order valence-corrected chi connectivity index (χ3v) is 4.77. The molecule has 0 radical (unpaired) electrons. The first-order valence-electron chi connectivity index (χ1n) is 8.35. The lowest BCUT2D eigenvalue weighted by Gasteiger charge is -2.30. The van der Waals surface area contributed by atoms with Crippen molar-refractivity contribution in [3.05, 3.63) is 60.1 Å². The van der Waals surface area contributed by atoms with Crippen molar-refractivity contribution < 1.29 is 4.42 Å². The van der Waals surface area contributed by atoms with Gasteiger partial charge < -0.3 is 15.1 Å². The zero-order chi connectivity index (χ0) is 16.0. The molecule has 1 heterocycles. The first kappa shape index (κ1) is 18.8. The molecule has 130 valence electrons. The monoisotopic (exact) mass is 439 g/mol. The summed E-state index contributed by atoms with van der Waals surface area (Å²) in [5.74, 6) is 1.73. The zero-order valence-electron chi connectivity index (χ0n) is 14.1. The summed E-state index contributed by atoms with van der Waals surface area (Å²) in [5.41, 5.74) is 1.66. The van der Waals surface area contributed by atoms with Crippen molar-refractivity contribution >= 4 is 29.9 Å². The Morgan fingerprint density at radius 3 is 2.46 bits per heavy atom. The van der Waals surface area contributed by atoms with Crippen LogP contribution in [0.4, 0.5) is 0 Å². The Kier molecular flexibility index (Phi) is 7.15. The predicted molar refractivity (Wildman–Crippen MR) is 109 cm³/mol. The van der Waals surface area contributed by atoms with E-state index in [9.17, 15) is 0 Å². The maximum Gasteiger partial charge on any atom is 0.191 e. The molecule has 0 aliphatic heterocycles. The van der Waals surface area contributed by atoms with Gasteiger partial charge in [0.25, 0.3) is 0 Å². The number of nitrogens with one attached hydrogen (secondary N) is 2. The summed E-state index contributed by atoms with van der Waals surface area (Å²) in [5, 5.41) is 6.82. The number of guanidine groups is 1. The average molecular weight is 439 g/mol. The molecular weight excluding hydrogens is 413 g/mol. The zero-order valence-corrected chi connectivity index (χ0v) is 16.5. The largest absolute Gasteiger partial charge is 0.467 e. The summed E-state index contributed by atoms with van der Waals surface area (Å²) < 4.78 is 5.35. The van der Waals surface area contributed by atoms with E-state index in [1.54, 1.807) is 13.3 Å². The maximum atomic E-state index is 5.35. The first-order chi connectivity index (χ1) is 11.3. The number of nitrogens with zero attached hydrogens (tertiary/aromatic N) is 1. The fourth-order valence-corrected chi connectivity index (χ4v) is 3.47. The lowest BCUT2D eigenvalue weighted by molar-refractivity contribution is 0.430. The van der Waals surface area contributed by atoms with E-state index in [0.29, 0.717) is 6.54 Å². The first-order valence-corrected chi connectivity index (χ1v) is 8.35. The normalized spacial score (nSPS) is 16.5. The van der Waals surface area contributed by atoms with E-state index in [-0.39, 0.29) is 29.4 Å². The van der Waals surface area contributed by atoms with Gasteiger partial charge in [0.1, 0.15) is 5.76 Å². The number of hydrogen-bond donors (Lipinski definition) is 2. The molecule has 1 fully saturated rings. The molecule has 2 N–H and O–H groups in total. The van der Waals surface area contributed by atoms with Gasteiger partial charge in [-0.2, -0.15) is 0 Å². The number of halogens is 1. The van der Waals surface area contributed by atoms with Gasteiger partial charge in [-0.1, -0.05) is 43.2 Å². The van der Waals surface area contributed by atoms with E-state index in [2.05, 4.69) is 46.0 Å². The van der Waals surface area contributed by atoms with Gasteiger partial charge >= 0.3 is 0 Å². The Morgan fingerprint density at radius 1 is 1.08 bits per heavy atom. The van der Waals surface area contributed by atoms with Crippen LogP contribution in [0.5, 0.6) is 0 Å². The highest BCUT2D eigenvalue weighted by atomic mass is 127. The Morgan fingerprint density at radius 2 is 1.83 bits per heavy atom. The summed E-state index contributed by atoms with van der Waals surface area (Å²) in [7, 11) is 1.81. The summed E-state index contributed by atoms with van der Waals surface area (Å²) in [6.07, 6.45) is 6.76. The van der Waals surface area contributed by atoms with E-state index < -0.39 is 0 Å². The van der Waals surface area contributed by atoms with Crippen molar-refractivity contribution in [2.24, 2.45) is 4.99 Å². The van der Waals surface area contributed by atoms with Crippen LogP contribution in [0, 0.1) is 0 Å². The van der Waals surface area contributed by atoms with Crippen molar-refractivity contribution in [3.8, 4) is 0 Å². The van der Waals surface area contributed by atoms with Crippen molar-refractivity contribution in [2.75, 3.05) is 13.6 Å². The maximum absolute atomic E-state index is 5.35. The smallest absolute Gasteiger partial charge is 0.191 e. The lowest BCUT2D eigenvalue weighted by Crippen LogP contribution is -2.44. The van der Waals surface area contributed by atoms with Gasteiger partial charge in [-0.15, -0.1) is 24.0 Å². The van der Waals surface area contributed by atoms with Crippen LogP contribution in [0.1, 0.15) is 37.0 Å². The molecule has 0 atom stereocenters. The molecule has 4 nitrogen and oxygen atoms in total. The van der Waals surface area contributed by atoms with Crippen molar-refractivity contribution in [3.63, 3.8) is 0 Å². The number of benzene rings is 1. The van der Waals surface area contributed by atoms with Crippen LogP contribution in [0.3, 0.4) is 0 Å². The van der Waals surface area contributed by atoms with Crippen molar-refractivity contribution in [2.45, 2.75) is 37.6 Å². The number of aliphatic imine (C=N–C) groups is 1. The Labute approximate surface area is 161 Å². The van der Waals surface area contributed by atoms with Crippen LogP contribution in [-0.4, -0.2) is 19.6 Å². The summed E-state index contributed by atoms with van der Waals surface area (Å²) in [4.78, 5) is 4.33. The van der Waals surface area contributed by atoms with E-state index in [1.165, 1.54) is 31.2 Å². The van der Waals surface area contributed by atoms with E-state index in [1.807, 2.05) is 12.1 Å². The fourth-order valence-electron chi connectivity index (χ4n) is 3.47. The second kappa shape index (κ2) is 9.11. The molecule has 1 aromatic carbocycles. The van der Waals surface area contributed by atoms with Crippen LogP contribution in [-0.2, 0) is 12.0 Å². The Balaban J connectivity index is 0.00000208. The number of hydrogen-bond acceptors (Lipinski definition) is 2. The molecule has 1 aromatic heterocycles. The molecule has 0 bridgehead atoms. The third-order valence-electron chi connectivity index (χ3n) is 4.77. The second-order valence-electron chi connectivity index (χ2n) is 6.21. The van der Waals surface area contributed by atoms with Gasteiger partial charge in [0.2, 0.25) is 0 Å². The van der Waals surface area contributed by atoms with Gasteiger partial charge in [0.05, 0.1) is 12.8 Å². The number of furan rings is 1. The van der Waals surface area contributed by atoms with Gasteiger partial charge in [0.15, 0.2) is 5.96 Å². The van der Waals surface area contributed by atoms with Crippen LogP contribution < -0.4 is 10.6 Å². The minimum absolute atomic E-state index is 0. The van der Waals surface area contributed by atoms with Crippen LogP contribution in [0.25, 0.3) is 0 Å². The molecule has 24 heavy (non-hydrogen) atoms. The highest BCUT2D eigenvalue weighted by Crippen LogP contribution is 2.40. The molecule has 0 unspecified atom stereocenters. The Hall–Kier alpha value is -1.50. The SMILES string of the molecule is CN=C(NCc1ccco1)NCC1(c2ccccc2)CCCC1.I. The van der Waals surface area contributed by atoms with Crippen LogP contribution >= 0.6 is 24.0 Å². The standard InChI is InChI=1S/C19H25N3O.HI/c1-20-18(21-14-17-10-7-13-23-17)22-15-19(11-5-6-12-19)16-8-3-2-4-9-16;/h2-4,7-10,13H,5-6,11-12,14-15H2,1H3,(H2,20,21,22);1H. The molecule has 1 saturated carbocycles. The van der Waals surface area contributed by atoms with E-state index in [4.69, 9.17) is 4.42 Å². The fraction of sp³-hybridized carbons (Fsp3) is 0.421. The van der Waals surface area contributed by atoms with Crippen LogP contribution in [0.15, 0.2) is 58.1 Å². The summed E-state index contributed by atoms with van der Waals surface area (Å²) >= 11 is 0. The summed E-state index contributed by atoms with van der Waals surface area (Å²) in [6, 6.07) is 14.7. The molecule has 0 amide bonds. The quantitative estimate of drug-likeness (QED) is 0.420. The summed E-state index contributed by atoms with van der Waals surface area (Å²) in [6.45, 7) is 1.56. The lowest BCUT2D eigenvalue weighted by atomic mass is 9.79. The molecule has 5 heteroatoms. The molecule has 1 aliphatic carbocycles.